The van der Waals surface area contributed by atoms with E-state index in [-0.39, 0.29) is 170 Å². The van der Waals surface area contributed by atoms with Crippen LogP contribution in [0.1, 0.15) is 68.7 Å². The maximum Gasteiger partial charge on any atom is 2.00 e. The minimum Gasteiger partial charge on any atom is -0.343 e. The van der Waals surface area contributed by atoms with Gasteiger partial charge < -0.3 is 18.7 Å². The fourth-order valence-corrected chi connectivity index (χ4v) is 11.6. The van der Waals surface area contributed by atoms with Crippen LogP contribution >= 0.6 is 0 Å². The van der Waals surface area contributed by atoms with Crippen molar-refractivity contribution in [1.29, 1.82) is 0 Å². The van der Waals surface area contributed by atoms with Crippen molar-refractivity contribution in [3.63, 3.8) is 0 Å². The first-order chi connectivity index (χ1) is 62.1. The summed E-state index contributed by atoms with van der Waals surface area (Å²) in [6, 6.07) is 56.7. The van der Waals surface area contributed by atoms with Crippen molar-refractivity contribution >= 4 is 23.1 Å². The summed E-state index contributed by atoms with van der Waals surface area (Å²) in [5.74, 6) is -13.3. The van der Waals surface area contributed by atoms with Gasteiger partial charge in [-0.15, -0.1) is 48.5 Å². The Morgan fingerprint density at radius 3 is 0.941 bits per heavy atom. The van der Waals surface area contributed by atoms with E-state index in [0.29, 0.717) is 40.2 Å². The van der Waals surface area contributed by atoms with Crippen LogP contribution in [0.15, 0.2) is 224 Å². The number of nitrogens with zero attached hydrogens (tertiary/aromatic N) is 21. The zero-order chi connectivity index (χ0) is 93.7. The normalized spacial score (nSPS) is 11.9. The number of hydrogen-bond donors (Lipinski definition) is 0. The predicted octanol–water partition coefficient (Wildman–Crippen LogP) is 19.6. The van der Waals surface area contributed by atoms with Crippen LogP contribution in [0.5, 0.6) is 0 Å². The largest absolute Gasteiger partial charge is 2.00 e. The second kappa shape index (κ2) is 42.8. The third kappa shape index (κ3) is 24.5. The van der Waals surface area contributed by atoms with E-state index < -0.39 is 129 Å². The molecule has 0 amide bonds. The number of alkyl halides is 15. The maximum atomic E-state index is 15.8. The number of carbonyl (C=O) groups is 1. The van der Waals surface area contributed by atoms with Gasteiger partial charge in [0.15, 0.2) is 5.67 Å². The van der Waals surface area contributed by atoms with Gasteiger partial charge in [0.1, 0.15) is 82.0 Å². The molecule has 1 aromatic carbocycles. The second-order valence-electron chi connectivity index (χ2n) is 26.5. The molecule has 0 radical (unpaired) electrons. The SMILES string of the molecule is CC(F)(c1cccc(-c2[c-]cc(F)nc2F)n1)c1cccc(-n2[c-]cc(C(F)(F)F)n2)n1.Fc1c[c-]c(-c2cccc(C(F)(F)c3cccc(-n4[c-]cc(C(F)(F)F)n4)n3)n2)c(F)n1.Fc1c[c-]c(-c2cccc(N(c3ccccc3)c3cccc(-n4[c-]cc(C(F)(F)F)n4)n3)n2)c(F)n1.O=C(c1cccc(-c2[c-]cc(F)nc2F)n1)c1cccc(-n2[c-]cc(C(F)(F)F)n2)n1.[Pt+2].[Pt+2].[Pt+2].[Pt+2]. The number of halogens is 23. The Balaban J connectivity index is 0.000000185. The summed E-state index contributed by atoms with van der Waals surface area (Å²) in [7, 11) is 0. The number of rotatable bonds is 17. The molecule has 22 nitrogen and oxygen atoms in total. The summed E-state index contributed by atoms with van der Waals surface area (Å²) in [5, 5.41) is 13.5. The number of aromatic nitrogens is 20. The number of benzene rings is 1. The molecule has 0 aliphatic rings. The van der Waals surface area contributed by atoms with Gasteiger partial charge in [-0.2, -0.15) is 61.5 Å². The van der Waals surface area contributed by atoms with Crippen molar-refractivity contribution in [3.05, 3.63) is 378 Å². The van der Waals surface area contributed by atoms with Gasteiger partial charge >= 0.3 is 115 Å². The molecule has 0 aliphatic heterocycles. The number of carbonyl (C=O) groups excluding carboxylic acids is 1. The van der Waals surface area contributed by atoms with E-state index in [1.807, 2.05) is 0 Å². The topological polar surface area (TPSA) is 246 Å². The minimum absolute atomic E-state index is 0. The molecule has 16 heterocycles. The van der Waals surface area contributed by atoms with E-state index in [9.17, 15) is 92.6 Å². The molecule has 0 spiro atoms. The van der Waals surface area contributed by atoms with Crippen LogP contribution in [0.25, 0.3) is 68.3 Å². The van der Waals surface area contributed by atoms with Crippen molar-refractivity contribution in [1.82, 2.24) is 98.9 Å². The summed E-state index contributed by atoms with van der Waals surface area (Å²) in [5.41, 5.74) is -9.92. The molecule has 0 aliphatic carbocycles. The number of anilines is 3. The van der Waals surface area contributed by atoms with E-state index >= 15 is 13.2 Å². The number of pyridine rings is 12. The minimum atomic E-state index is -4.74. The second-order valence-corrected chi connectivity index (χ2v) is 26.5. The Morgan fingerprint density at radius 1 is 0.281 bits per heavy atom. The molecule has 0 saturated heterocycles. The van der Waals surface area contributed by atoms with Crippen molar-refractivity contribution in [2.75, 3.05) is 4.90 Å². The molecule has 0 fully saturated rings. The van der Waals surface area contributed by atoms with Crippen molar-refractivity contribution in [2.24, 2.45) is 0 Å². The van der Waals surface area contributed by atoms with Gasteiger partial charge in [0.2, 0.25) is 5.78 Å². The Kier molecular flexibility index (Phi) is 32.8. The molecular formula is C86H40F23N21OPt4. The molecule has 1 atom stereocenters. The van der Waals surface area contributed by atoms with Crippen molar-refractivity contribution in [3.8, 4) is 68.3 Å². The molecule has 0 saturated carbocycles. The van der Waals surface area contributed by atoms with E-state index in [2.05, 4.69) is 129 Å². The van der Waals surface area contributed by atoms with E-state index in [1.54, 1.807) is 59.5 Å². The summed E-state index contributed by atoms with van der Waals surface area (Å²) in [6.07, 6.45) is -9.52. The standard InChI is InChI=1S/C25H13F5N6.C21H11F6N5.C20H8F7N5.C20H8F5N5O.4Pt/c26-20-13-12-17(24(27)32-20)18-8-4-10-22(31-18)36(16-6-2-1-3-7-16)23-11-5-9-21(33-23)35-15-14-19(34-35)25(28,29)30;1-20(24,14-5-2-4-13(28-14)12-8-9-17(22)30-19(12)23)15-6-3-7-18(29-15)32-11-10-16(31-32)21(25,26)27;21-16-8-7-11(18(22)30-16)12-3-1-4-13(28-12)19(23,24)14-5-2-6-17(29-14)32-10-9-15(31-32)20(25,26)27;21-16-8-7-11(19(22)28-16)12-3-1-4-13(26-12)18(31)14-5-2-6-17(27-14)30-10-9-15(29-30)20(23,24)25;;;;/h1-11,13-14H;2-7,9-10H,1H3;1-6,8-9H;1-6,8-9H;;;;/q4*-2;4*+2. The number of ketones is 1. The van der Waals surface area contributed by atoms with Gasteiger partial charge in [-0.05, 0) is 90.4 Å². The molecule has 17 rings (SSSR count). The number of para-hydroxylation sites is 1. The van der Waals surface area contributed by atoms with Gasteiger partial charge in [-0.3, -0.25) is 89.9 Å². The van der Waals surface area contributed by atoms with E-state index in [1.165, 1.54) is 103 Å². The Bertz CT molecular complexity index is 6850. The summed E-state index contributed by atoms with van der Waals surface area (Å²) < 4.78 is 311. The summed E-state index contributed by atoms with van der Waals surface area (Å²) in [4.78, 5) is 59.3. The van der Waals surface area contributed by atoms with E-state index in [0.717, 1.165) is 69.5 Å². The van der Waals surface area contributed by atoms with Crippen LogP contribution in [-0.4, -0.2) is 105 Å². The van der Waals surface area contributed by atoms with Crippen LogP contribution in [0.4, 0.5) is 118 Å². The Hall–Kier alpha value is -13.5. The van der Waals surface area contributed by atoms with Crippen LogP contribution in [0.3, 0.4) is 0 Å². The predicted molar refractivity (Wildman–Crippen MR) is 408 cm³/mol. The first-order valence-corrected chi connectivity index (χ1v) is 36.6. The Labute approximate surface area is 801 Å². The molecule has 696 valence electrons. The fourth-order valence-electron chi connectivity index (χ4n) is 11.6. The van der Waals surface area contributed by atoms with Gasteiger partial charge in [0, 0.05) is 5.69 Å². The third-order valence-electron chi connectivity index (χ3n) is 17.6. The quantitative estimate of drug-likeness (QED) is 0.0356. The van der Waals surface area contributed by atoms with Gasteiger partial charge in [-0.1, -0.05) is 187 Å². The van der Waals surface area contributed by atoms with Crippen LogP contribution in [0.2, 0.25) is 0 Å². The number of hydrogen-bond acceptors (Lipinski definition) is 18. The maximum absolute atomic E-state index is 15.8. The van der Waals surface area contributed by atoms with Crippen molar-refractivity contribution < 1.29 is 190 Å². The van der Waals surface area contributed by atoms with E-state index in [4.69, 9.17) is 0 Å². The van der Waals surface area contributed by atoms with Crippen LogP contribution in [0, 0.1) is 96.6 Å². The molecule has 17 aromatic rings. The van der Waals surface area contributed by atoms with Gasteiger partial charge in [-0.25, -0.2) is 39.5 Å². The molecule has 16 aromatic heterocycles. The summed E-state index contributed by atoms with van der Waals surface area (Å²) in [6.45, 7) is 1.14. The molecule has 1 unspecified atom stereocenters. The van der Waals surface area contributed by atoms with Gasteiger partial charge in [0.05, 0.1) is 57.4 Å². The fraction of sp³-hybridized carbons (Fsp3) is 0.0814. The van der Waals surface area contributed by atoms with Gasteiger partial charge in [0.25, 0.3) is 0 Å². The molecule has 135 heavy (non-hydrogen) atoms. The monoisotopic (exact) mass is 2600 g/mol. The average Bonchev–Trinajstić information content (AvgIpc) is 1.68. The molecule has 49 heteroatoms. The van der Waals surface area contributed by atoms with Crippen LogP contribution < -0.4 is 4.90 Å². The average molecular weight is 2600 g/mol. The van der Waals surface area contributed by atoms with Crippen molar-refractivity contribution in [2.45, 2.75) is 43.2 Å². The zero-order valence-corrected chi connectivity index (χ0v) is 75.2. The molecular weight excluding hydrogens is 2560 g/mol. The Morgan fingerprint density at radius 2 is 0.563 bits per heavy atom. The molecule has 0 bridgehead atoms. The first kappa shape index (κ1) is 104. The first-order valence-electron chi connectivity index (χ1n) is 36.6. The summed E-state index contributed by atoms with van der Waals surface area (Å²) >= 11 is 0. The zero-order valence-electron chi connectivity index (χ0n) is 66.1. The smallest absolute Gasteiger partial charge is 0.343 e. The third-order valence-corrected chi connectivity index (χ3v) is 17.6. The van der Waals surface area contributed by atoms with Crippen LogP contribution in [-0.2, 0) is 121 Å². The molecule has 0 N–H and O–H groups in total.